The zero-order valence-corrected chi connectivity index (χ0v) is 16.9. The molecule has 3 aromatic rings. The molecule has 0 amide bonds. The number of halogens is 1. The van der Waals surface area contributed by atoms with Crippen LogP contribution in [0.15, 0.2) is 54.9 Å². The number of rotatable bonds is 5. The second-order valence-electron chi connectivity index (χ2n) is 7.29. The number of carbonyl (C=O) groups is 1. The van der Waals surface area contributed by atoms with Crippen LogP contribution in [0.3, 0.4) is 0 Å². The fourth-order valence-corrected chi connectivity index (χ4v) is 3.82. The Balaban J connectivity index is 1.57. The van der Waals surface area contributed by atoms with Crippen molar-refractivity contribution >= 4 is 11.7 Å². The molecule has 1 aliphatic heterocycles. The quantitative estimate of drug-likeness (QED) is 0.607. The molecule has 154 valence electrons. The average molecular weight is 406 g/mol. The smallest absolute Gasteiger partial charge is 0.340 e. The van der Waals surface area contributed by atoms with Gasteiger partial charge in [-0.2, -0.15) is 0 Å². The van der Waals surface area contributed by atoms with Crippen molar-refractivity contribution in [3.8, 4) is 16.9 Å². The lowest BCUT2D eigenvalue weighted by molar-refractivity contribution is 0.0601. The maximum Gasteiger partial charge on any atom is 0.340 e. The van der Waals surface area contributed by atoms with Crippen molar-refractivity contribution in [2.45, 2.75) is 19.3 Å². The average Bonchev–Trinajstić information content (AvgIpc) is 2.78. The molecule has 1 atom stereocenters. The Kier molecular flexibility index (Phi) is 5.65. The van der Waals surface area contributed by atoms with Crippen LogP contribution in [0, 0.1) is 12.7 Å². The van der Waals surface area contributed by atoms with Gasteiger partial charge in [0.2, 0.25) is 0 Å². The number of hydrogen-bond acceptors (Lipinski definition) is 5. The molecule has 0 bridgehead atoms. The maximum atomic E-state index is 14.0. The maximum absolute atomic E-state index is 14.0. The fraction of sp³-hybridized carbons (Fsp3) is 0.250. The number of nitrogens with zero attached hydrogens (tertiary/aromatic N) is 1. The molecule has 2 heterocycles. The Bertz CT molecular complexity index is 1080. The van der Waals surface area contributed by atoms with Crippen LogP contribution >= 0.6 is 0 Å². The third-order valence-corrected chi connectivity index (χ3v) is 5.52. The first-order valence-corrected chi connectivity index (χ1v) is 9.87. The van der Waals surface area contributed by atoms with E-state index in [1.54, 1.807) is 31.5 Å². The Labute approximate surface area is 174 Å². The summed E-state index contributed by atoms with van der Waals surface area (Å²) in [6, 6.07) is 12.8. The molecule has 0 aliphatic carbocycles. The van der Waals surface area contributed by atoms with E-state index >= 15 is 0 Å². The van der Waals surface area contributed by atoms with Gasteiger partial charge in [0.1, 0.15) is 11.6 Å². The largest absolute Gasteiger partial charge is 0.493 e. The number of methoxy groups -OCH3 is 1. The van der Waals surface area contributed by atoms with Gasteiger partial charge in [-0.15, -0.1) is 0 Å². The van der Waals surface area contributed by atoms with Gasteiger partial charge in [-0.25, -0.2) is 9.18 Å². The number of nitrogens with one attached hydrogen (secondary N) is 1. The van der Waals surface area contributed by atoms with Crippen LogP contribution < -0.4 is 10.1 Å². The molecule has 0 spiro atoms. The minimum absolute atomic E-state index is 0.210. The Morgan fingerprint density at radius 1 is 1.30 bits per heavy atom. The minimum atomic E-state index is -0.401. The summed E-state index contributed by atoms with van der Waals surface area (Å²) in [4.78, 5) is 16.1. The molecule has 1 aliphatic rings. The van der Waals surface area contributed by atoms with Gasteiger partial charge in [0.15, 0.2) is 0 Å². The van der Waals surface area contributed by atoms with Gasteiger partial charge in [-0.3, -0.25) is 4.98 Å². The summed E-state index contributed by atoms with van der Waals surface area (Å²) in [5.74, 6) is 0.407. The number of ether oxygens (including phenoxy) is 2. The van der Waals surface area contributed by atoms with E-state index in [4.69, 9.17) is 9.47 Å². The SMILES string of the molecule is COC(=O)c1ccncc1NCC1CCOc2cc(-c3cccc(F)c3C)ccc21. The number of hydrogen-bond donors (Lipinski definition) is 1. The molecule has 1 unspecified atom stereocenters. The third-order valence-electron chi connectivity index (χ3n) is 5.52. The van der Waals surface area contributed by atoms with Crippen molar-refractivity contribution in [3.05, 3.63) is 77.4 Å². The van der Waals surface area contributed by atoms with E-state index in [9.17, 15) is 9.18 Å². The lowest BCUT2D eigenvalue weighted by Gasteiger charge is -2.27. The van der Waals surface area contributed by atoms with Gasteiger partial charge in [0, 0.05) is 18.7 Å². The second kappa shape index (κ2) is 8.53. The monoisotopic (exact) mass is 406 g/mol. The van der Waals surface area contributed by atoms with Gasteiger partial charge in [0.05, 0.1) is 31.2 Å². The van der Waals surface area contributed by atoms with Crippen molar-refractivity contribution in [2.75, 3.05) is 25.6 Å². The standard InChI is InChI=1S/C24H23FN2O3/c1-15-18(4-3-5-21(15)25)16-6-7-19-17(9-11-30-23(19)12-16)13-27-22-14-26-10-8-20(22)24(28)29-2/h3-8,10,12,14,17,27H,9,11,13H2,1-2H3. The van der Waals surface area contributed by atoms with Crippen LogP contribution in [-0.2, 0) is 4.74 Å². The van der Waals surface area contributed by atoms with E-state index in [0.717, 1.165) is 28.9 Å². The highest BCUT2D eigenvalue weighted by molar-refractivity contribution is 5.95. The van der Waals surface area contributed by atoms with Crippen LogP contribution in [-0.4, -0.2) is 31.2 Å². The summed E-state index contributed by atoms with van der Waals surface area (Å²) in [5, 5.41) is 3.33. The second-order valence-corrected chi connectivity index (χ2v) is 7.29. The van der Waals surface area contributed by atoms with Crippen molar-refractivity contribution in [1.82, 2.24) is 4.98 Å². The molecule has 0 fully saturated rings. The van der Waals surface area contributed by atoms with Crippen LogP contribution in [0.5, 0.6) is 5.75 Å². The molecule has 1 N–H and O–H groups in total. The Morgan fingerprint density at radius 3 is 3.00 bits per heavy atom. The number of anilines is 1. The molecule has 1 aromatic heterocycles. The number of aromatic nitrogens is 1. The van der Waals surface area contributed by atoms with E-state index in [2.05, 4.69) is 10.3 Å². The predicted molar refractivity (Wildman–Crippen MR) is 113 cm³/mol. The lowest BCUT2D eigenvalue weighted by atomic mass is 9.90. The van der Waals surface area contributed by atoms with Gasteiger partial charge in [-0.1, -0.05) is 24.3 Å². The highest BCUT2D eigenvalue weighted by atomic mass is 19.1. The normalized spacial score (nSPS) is 15.1. The molecule has 6 heteroatoms. The van der Waals surface area contributed by atoms with Crippen LogP contribution in [0.4, 0.5) is 10.1 Å². The first-order valence-electron chi connectivity index (χ1n) is 9.87. The summed E-state index contributed by atoms with van der Waals surface area (Å²) in [6.07, 6.45) is 4.05. The molecule has 0 saturated heterocycles. The van der Waals surface area contributed by atoms with E-state index in [1.165, 1.54) is 13.2 Å². The summed E-state index contributed by atoms with van der Waals surface area (Å²) >= 11 is 0. The van der Waals surface area contributed by atoms with E-state index in [1.807, 2.05) is 24.3 Å². The van der Waals surface area contributed by atoms with E-state index in [-0.39, 0.29) is 11.7 Å². The summed E-state index contributed by atoms with van der Waals surface area (Å²) in [5.41, 5.74) is 4.61. The van der Waals surface area contributed by atoms with Gasteiger partial charge < -0.3 is 14.8 Å². The molecule has 0 saturated carbocycles. The number of esters is 1. The zero-order valence-electron chi connectivity index (χ0n) is 16.9. The van der Waals surface area contributed by atoms with Crippen molar-refractivity contribution in [2.24, 2.45) is 0 Å². The van der Waals surface area contributed by atoms with Gasteiger partial charge in [-0.05, 0) is 53.8 Å². The number of benzene rings is 2. The first kappa shape index (κ1) is 19.9. The van der Waals surface area contributed by atoms with Crippen LogP contribution in [0.25, 0.3) is 11.1 Å². The fourth-order valence-electron chi connectivity index (χ4n) is 3.82. The number of pyridine rings is 1. The van der Waals surface area contributed by atoms with Crippen LogP contribution in [0.1, 0.15) is 33.8 Å². The van der Waals surface area contributed by atoms with Gasteiger partial charge in [0.25, 0.3) is 0 Å². The highest BCUT2D eigenvalue weighted by Crippen LogP contribution is 2.38. The zero-order chi connectivity index (χ0) is 21.1. The number of carbonyl (C=O) groups excluding carboxylic acids is 1. The third kappa shape index (κ3) is 3.85. The van der Waals surface area contributed by atoms with Crippen molar-refractivity contribution in [3.63, 3.8) is 0 Å². The molecule has 4 rings (SSSR count). The molecular weight excluding hydrogens is 383 g/mol. The Morgan fingerprint density at radius 2 is 2.17 bits per heavy atom. The van der Waals surface area contributed by atoms with Crippen molar-refractivity contribution in [1.29, 1.82) is 0 Å². The minimum Gasteiger partial charge on any atom is -0.493 e. The van der Waals surface area contributed by atoms with Gasteiger partial charge >= 0.3 is 5.97 Å². The summed E-state index contributed by atoms with van der Waals surface area (Å²) in [7, 11) is 1.36. The summed E-state index contributed by atoms with van der Waals surface area (Å²) < 4.78 is 24.7. The van der Waals surface area contributed by atoms with Crippen molar-refractivity contribution < 1.29 is 18.7 Å². The van der Waals surface area contributed by atoms with E-state index < -0.39 is 5.97 Å². The highest BCUT2D eigenvalue weighted by Gasteiger charge is 2.23. The molecule has 2 aromatic carbocycles. The predicted octanol–water partition coefficient (Wildman–Crippen LogP) is 4.96. The topological polar surface area (TPSA) is 60.5 Å². The lowest BCUT2D eigenvalue weighted by Crippen LogP contribution is -2.21. The molecule has 0 radical (unpaired) electrons. The van der Waals surface area contributed by atoms with Crippen LogP contribution in [0.2, 0.25) is 0 Å². The number of fused-ring (bicyclic) bond motifs is 1. The molecular formula is C24H23FN2O3. The van der Waals surface area contributed by atoms with E-state index in [0.29, 0.717) is 30.0 Å². The summed E-state index contributed by atoms with van der Waals surface area (Å²) in [6.45, 7) is 3.01. The molecule has 5 nitrogen and oxygen atoms in total. The molecule has 30 heavy (non-hydrogen) atoms. The first-order chi connectivity index (χ1) is 14.6. The Hall–Kier alpha value is -3.41.